The average Bonchev–Trinajstić information content (AvgIpc) is 2.12. The Hall–Kier alpha value is -0.0897. The molecular formula is C5H4AgO2S. The summed E-state index contributed by atoms with van der Waals surface area (Å²) in [6.45, 7) is 0. The van der Waals surface area contributed by atoms with Crippen molar-refractivity contribution in [2.75, 3.05) is 0 Å². The maximum atomic E-state index is 10.1. The van der Waals surface area contributed by atoms with Crippen LogP contribution < -0.4 is 0 Å². The number of rotatable bonds is 1. The van der Waals surface area contributed by atoms with E-state index in [4.69, 9.17) is 5.11 Å². The molecule has 2 nitrogen and oxygen atoms in total. The molecule has 0 saturated carbocycles. The smallest absolute Gasteiger partial charge is 0.345 e. The van der Waals surface area contributed by atoms with Crippen molar-refractivity contribution in [1.82, 2.24) is 0 Å². The first-order valence-electron chi connectivity index (χ1n) is 2.07. The second kappa shape index (κ2) is 3.85. The Morgan fingerprint density at radius 1 is 1.67 bits per heavy atom. The number of carbonyl (C=O) groups is 1. The van der Waals surface area contributed by atoms with Crippen molar-refractivity contribution in [3.05, 3.63) is 22.4 Å². The number of carboxylic acid groups (broad SMARTS) is 1. The minimum atomic E-state index is -0.847. The molecule has 0 unspecified atom stereocenters. The van der Waals surface area contributed by atoms with Gasteiger partial charge in [0.05, 0.1) is 0 Å². The SMILES string of the molecule is O=C(O)c1cccs1.[Ag]. The number of hydrogen-bond acceptors (Lipinski definition) is 2. The van der Waals surface area contributed by atoms with E-state index >= 15 is 0 Å². The molecule has 1 rings (SSSR count). The van der Waals surface area contributed by atoms with Gasteiger partial charge in [-0.25, -0.2) is 4.79 Å². The van der Waals surface area contributed by atoms with Gasteiger partial charge in [0.15, 0.2) is 0 Å². The molecule has 53 valence electrons. The molecule has 9 heavy (non-hydrogen) atoms. The fourth-order valence-corrected chi connectivity index (χ4v) is 0.962. The van der Waals surface area contributed by atoms with Crippen molar-refractivity contribution in [3.63, 3.8) is 0 Å². The molecule has 1 N–H and O–H groups in total. The number of aromatic carboxylic acids is 1. The number of carboxylic acids is 1. The molecule has 1 aromatic rings. The first kappa shape index (κ1) is 8.91. The van der Waals surface area contributed by atoms with Crippen molar-refractivity contribution in [2.24, 2.45) is 0 Å². The molecule has 0 saturated heterocycles. The largest absolute Gasteiger partial charge is 0.477 e. The first-order valence-corrected chi connectivity index (χ1v) is 2.95. The number of thiophene rings is 1. The normalized spacial score (nSPS) is 8.00. The van der Waals surface area contributed by atoms with E-state index in [0.717, 1.165) is 0 Å². The molecule has 1 heterocycles. The molecule has 0 aliphatic rings. The molecule has 0 aliphatic carbocycles. The van der Waals surface area contributed by atoms with E-state index in [-0.39, 0.29) is 22.4 Å². The summed E-state index contributed by atoms with van der Waals surface area (Å²) in [6.07, 6.45) is 0. The van der Waals surface area contributed by atoms with Crippen LogP contribution in [0, 0.1) is 0 Å². The van der Waals surface area contributed by atoms with Crippen LogP contribution in [0.2, 0.25) is 0 Å². The van der Waals surface area contributed by atoms with Crippen molar-refractivity contribution in [2.45, 2.75) is 0 Å². The van der Waals surface area contributed by atoms with E-state index in [0.29, 0.717) is 4.88 Å². The third-order valence-electron chi connectivity index (χ3n) is 0.732. The summed E-state index contributed by atoms with van der Waals surface area (Å²) in [4.78, 5) is 10.5. The molecule has 0 aromatic carbocycles. The van der Waals surface area contributed by atoms with Crippen LogP contribution in [0.1, 0.15) is 9.67 Å². The van der Waals surface area contributed by atoms with Crippen molar-refractivity contribution in [3.8, 4) is 0 Å². The fourth-order valence-electron chi connectivity index (χ4n) is 0.400. The maximum Gasteiger partial charge on any atom is 0.345 e. The van der Waals surface area contributed by atoms with Gasteiger partial charge in [0, 0.05) is 22.4 Å². The Morgan fingerprint density at radius 3 is 2.56 bits per heavy atom. The monoisotopic (exact) mass is 235 g/mol. The minimum absolute atomic E-state index is 0. The molecule has 0 atom stereocenters. The molecule has 0 amide bonds. The van der Waals surface area contributed by atoms with Crippen LogP contribution >= 0.6 is 11.3 Å². The van der Waals surface area contributed by atoms with Gasteiger partial charge >= 0.3 is 5.97 Å². The van der Waals surface area contributed by atoms with Gasteiger partial charge in [-0.15, -0.1) is 11.3 Å². The molecule has 0 aliphatic heterocycles. The Balaban J connectivity index is 0.000000640. The predicted octanol–water partition coefficient (Wildman–Crippen LogP) is 1.44. The summed E-state index contributed by atoms with van der Waals surface area (Å²) in [5, 5.41) is 10.0. The van der Waals surface area contributed by atoms with E-state index in [2.05, 4.69) is 0 Å². The van der Waals surface area contributed by atoms with Gasteiger partial charge in [0.2, 0.25) is 0 Å². The van der Waals surface area contributed by atoms with Gasteiger partial charge in [-0.3, -0.25) is 0 Å². The first-order chi connectivity index (χ1) is 3.80. The van der Waals surface area contributed by atoms with E-state index in [1.165, 1.54) is 11.3 Å². The van der Waals surface area contributed by atoms with Gasteiger partial charge in [-0.2, -0.15) is 0 Å². The van der Waals surface area contributed by atoms with Crippen molar-refractivity contribution >= 4 is 17.3 Å². The van der Waals surface area contributed by atoms with Gasteiger partial charge in [-0.1, -0.05) is 6.07 Å². The van der Waals surface area contributed by atoms with E-state index in [1.807, 2.05) is 0 Å². The minimum Gasteiger partial charge on any atom is -0.477 e. The summed E-state index contributed by atoms with van der Waals surface area (Å²) in [6, 6.07) is 3.29. The molecular weight excluding hydrogens is 232 g/mol. The topological polar surface area (TPSA) is 37.3 Å². The third kappa shape index (κ3) is 2.32. The van der Waals surface area contributed by atoms with E-state index in [9.17, 15) is 4.79 Å². The zero-order valence-corrected chi connectivity index (χ0v) is 6.60. The van der Waals surface area contributed by atoms with Gasteiger partial charge in [0.1, 0.15) is 4.88 Å². The Morgan fingerprint density at radius 2 is 2.33 bits per heavy atom. The molecule has 1 radical (unpaired) electrons. The standard InChI is InChI=1S/C5H4O2S.Ag/c6-5(7)4-2-1-3-8-4;/h1-3H,(H,6,7);. The summed E-state index contributed by atoms with van der Waals surface area (Å²) in [5.74, 6) is -0.847. The third-order valence-corrected chi connectivity index (χ3v) is 1.59. The summed E-state index contributed by atoms with van der Waals surface area (Å²) in [5.41, 5.74) is 0. The zero-order chi connectivity index (χ0) is 5.98. The van der Waals surface area contributed by atoms with Crippen LogP contribution in [0.15, 0.2) is 17.5 Å². The van der Waals surface area contributed by atoms with Crippen LogP contribution in [-0.4, -0.2) is 11.1 Å². The molecule has 0 bridgehead atoms. The maximum absolute atomic E-state index is 10.1. The molecule has 0 spiro atoms. The summed E-state index contributed by atoms with van der Waals surface area (Å²) < 4.78 is 0. The van der Waals surface area contributed by atoms with Crippen molar-refractivity contribution in [1.29, 1.82) is 0 Å². The van der Waals surface area contributed by atoms with Crippen LogP contribution in [0.3, 0.4) is 0 Å². The Labute approximate surface area is 72.0 Å². The van der Waals surface area contributed by atoms with Gasteiger partial charge in [-0.05, 0) is 11.4 Å². The zero-order valence-electron chi connectivity index (χ0n) is 4.30. The van der Waals surface area contributed by atoms with E-state index < -0.39 is 5.97 Å². The average molecular weight is 236 g/mol. The Bertz CT molecular complexity index is 183. The molecule has 4 heteroatoms. The van der Waals surface area contributed by atoms with Crippen molar-refractivity contribution < 1.29 is 32.3 Å². The van der Waals surface area contributed by atoms with Crippen LogP contribution in [0.25, 0.3) is 0 Å². The molecule has 0 fully saturated rings. The van der Waals surface area contributed by atoms with Gasteiger partial charge in [0.25, 0.3) is 0 Å². The van der Waals surface area contributed by atoms with E-state index in [1.54, 1.807) is 17.5 Å². The van der Waals surface area contributed by atoms with Crippen LogP contribution in [0.5, 0.6) is 0 Å². The summed E-state index contributed by atoms with van der Waals surface area (Å²) in [7, 11) is 0. The predicted molar refractivity (Wildman–Crippen MR) is 31.3 cm³/mol. The van der Waals surface area contributed by atoms with Crippen LogP contribution in [0.4, 0.5) is 0 Å². The quantitative estimate of drug-likeness (QED) is 0.749. The molecule has 1 aromatic heterocycles. The number of hydrogen-bond donors (Lipinski definition) is 1. The second-order valence-corrected chi connectivity index (χ2v) is 2.23. The van der Waals surface area contributed by atoms with Gasteiger partial charge < -0.3 is 5.11 Å². The summed E-state index contributed by atoms with van der Waals surface area (Å²) >= 11 is 1.23. The van der Waals surface area contributed by atoms with Crippen LogP contribution in [-0.2, 0) is 22.4 Å². The fraction of sp³-hybridized carbons (Fsp3) is 0. The Kier molecular flexibility index (Phi) is 3.81. The second-order valence-electron chi connectivity index (χ2n) is 1.28.